The summed E-state index contributed by atoms with van der Waals surface area (Å²) in [7, 11) is -2.30. The zero-order chi connectivity index (χ0) is 17.2. The van der Waals surface area contributed by atoms with Crippen molar-refractivity contribution >= 4 is 31.9 Å². The van der Waals surface area contributed by atoms with Gasteiger partial charge >= 0.3 is 0 Å². The number of sulfonamides is 1. The minimum atomic E-state index is -3.72. The summed E-state index contributed by atoms with van der Waals surface area (Å²) in [4.78, 5) is 8.16. The molecule has 0 spiro atoms. The van der Waals surface area contributed by atoms with E-state index in [1.165, 1.54) is 7.05 Å². The third-order valence-corrected chi connectivity index (χ3v) is 6.19. The molecule has 124 valence electrons. The predicted molar refractivity (Wildman–Crippen MR) is 91.2 cm³/mol. The molecule has 0 unspecified atom stereocenters. The molecule has 0 radical (unpaired) electrons. The molecule has 0 saturated heterocycles. The number of nitrogens with two attached hydrogens (primary N) is 1. The van der Waals surface area contributed by atoms with Gasteiger partial charge in [-0.3, -0.25) is 0 Å². The first-order valence-corrected chi connectivity index (χ1v) is 8.97. The van der Waals surface area contributed by atoms with Crippen molar-refractivity contribution < 1.29 is 13.5 Å². The van der Waals surface area contributed by atoms with Gasteiger partial charge in [-0.05, 0) is 40.5 Å². The van der Waals surface area contributed by atoms with Gasteiger partial charge in [0, 0.05) is 29.8 Å². The van der Waals surface area contributed by atoms with Gasteiger partial charge in [0.25, 0.3) is 0 Å². The van der Waals surface area contributed by atoms with Gasteiger partial charge in [-0.15, -0.1) is 0 Å². The first kappa shape index (κ1) is 17.8. The van der Waals surface area contributed by atoms with Crippen molar-refractivity contribution in [1.82, 2.24) is 14.3 Å². The van der Waals surface area contributed by atoms with Crippen LogP contribution < -0.4 is 5.73 Å². The van der Waals surface area contributed by atoms with Crippen molar-refractivity contribution in [3.05, 3.63) is 34.6 Å². The summed E-state index contributed by atoms with van der Waals surface area (Å²) in [6.07, 6.45) is 1.56. The molecule has 0 atom stereocenters. The Bertz CT molecular complexity index is 827. The van der Waals surface area contributed by atoms with Crippen molar-refractivity contribution in [3.63, 3.8) is 0 Å². The van der Waals surface area contributed by atoms with Crippen LogP contribution in [-0.4, -0.2) is 48.0 Å². The average Bonchev–Trinajstić information content (AvgIpc) is 2.48. The second-order valence-electron chi connectivity index (χ2n) is 4.92. The Balaban J connectivity index is 2.56. The fourth-order valence-corrected chi connectivity index (χ4v) is 4.17. The first-order valence-electron chi connectivity index (χ1n) is 6.73. The second-order valence-corrected chi connectivity index (χ2v) is 7.79. The number of likely N-dealkylation sites (N-methyl/N-ethyl adjacent to an activating group) is 1. The Hall–Kier alpha value is -1.55. The average molecular weight is 401 g/mol. The van der Waals surface area contributed by atoms with E-state index in [0.29, 0.717) is 21.3 Å². The lowest BCUT2D eigenvalue weighted by atomic mass is 10.1. The van der Waals surface area contributed by atoms with Gasteiger partial charge in [0.2, 0.25) is 16.0 Å². The summed E-state index contributed by atoms with van der Waals surface area (Å²) < 4.78 is 26.7. The lowest BCUT2D eigenvalue weighted by Crippen LogP contribution is -2.29. The molecule has 7 nitrogen and oxygen atoms in total. The largest absolute Gasteiger partial charge is 0.395 e. The highest BCUT2D eigenvalue weighted by atomic mass is 79.9. The summed E-state index contributed by atoms with van der Waals surface area (Å²) >= 11 is 3.27. The molecule has 1 heterocycles. The van der Waals surface area contributed by atoms with E-state index < -0.39 is 10.0 Å². The van der Waals surface area contributed by atoms with E-state index >= 15 is 0 Å². The summed E-state index contributed by atoms with van der Waals surface area (Å²) in [6, 6.07) is 4.98. The summed E-state index contributed by atoms with van der Waals surface area (Å²) in [5.41, 5.74) is 7.58. The minimum absolute atomic E-state index is 0.0169. The molecule has 1 aromatic carbocycles. The molecular weight excluding hydrogens is 384 g/mol. The maximum atomic E-state index is 12.6. The molecule has 0 aliphatic heterocycles. The number of hydrogen-bond donors (Lipinski definition) is 2. The van der Waals surface area contributed by atoms with Gasteiger partial charge in [-0.1, -0.05) is 6.07 Å². The third kappa shape index (κ3) is 3.69. The molecule has 0 amide bonds. The molecule has 0 aliphatic rings. The smallest absolute Gasteiger partial charge is 0.244 e. The molecule has 2 rings (SSSR count). The Morgan fingerprint density at radius 2 is 2.09 bits per heavy atom. The number of nitrogens with zero attached hydrogens (tertiary/aromatic N) is 3. The number of aliphatic hydroxyl groups excluding tert-OH is 1. The number of aryl methyl sites for hydroxylation is 1. The minimum Gasteiger partial charge on any atom is -0.395 e. The highest BCUT2D eigenvalue weighted by Crippen LogP contribution is 2.31. The number of hydrogen-bond acceptors (Lipinski definition) is 6. The zero-order valence-electron chi connectivity index (χ0n) is 12.7. The lowest BCUT2D eigenvalue weighted by Gasteiger charge is -2.18. The number of aromatic nitrogens is 2. The molecule has 0 bridgehead atoms. The number of nitrogen functional groups attached to an aromatic ring is 1. The molecule has 0 aliphatic carbocycles. The van der Waals surface area contributed by atoms with E-state index in [1.54, 1.807) is 31.3 Å². The fraction of sp³-hybridized carbons (Fsp3) is 0.286. The number of halogens is 1. The third-order valence-electron chi connectivity index (χ3n) is 3.34. The van der Waals surface area contributed by atoms with Crippen LogP contribution in [0.3, 0.4) is 0 Å². The van der Waals surface area contributed by atoms with Crippen molar-refractivity contribution in [2.45, 2.75) is 11.8 Å². The van der Waals surface area contributed by atoms with E-state index in [9.17, 15) is 8.42 Å². The van der Waals surface area contributed by atoms with Crippen LogP contribution in [-0.2, 0) is 10.0 Å². The van der Waals surface area contributed by atoms with Gasteiger partial charge in [0.05, 0.1) is 17.2 Å². The van der Waals surface area contributed by atoms with Gasteiger partial charge in [0.15, 0.2) is 0 Å². The van der Waals surface area contributed by atoms with E-state index in [2.05, 4.69) is 25.9 Å². The maximum Gasteiger partial charge on any atom is 0.244 e. The van der Waals surface area contributed by atoms with Crippen LogP contribution in [0.4, 0.5) is 5.95 Å². The number of aliphatic hydroxyl groups is 1. The number of rotatable bonds is 5. The molecule has 3 N–H and O–H groups in total. The van der Waals surface area contributed by atoms with E-state index in [0.717, 1.165) is 4.31 Å². The van der Waals surface area contributed by atoms with Crippen LogP contribution in [0.1, 0.15) is 5.69 Å². The van der Waals surface area contributed by atoms with E-state index in [4.69, 9.17) is 10.8 Å². The Morgan fingerprint density at radius 1 is 1.39 bits per heavy atom. The predicted octanol–water partition coefficient (Wildman–Crippen LogP) is 1.41. The van der Waals surface area contributed by atoms with Crippen molar-refractivity contribution in [1.29, 1.82) is 0 Å². The van der Waals surface area contributed by atoms with Gasteiger partial charge < -0.3 is 10.8 Å². The SMILES string of the molecule is Cc1nc(N)ncc1-c1ccc(Br)c(S(=O)(=O)N(C)CCO)c1. The van der Waals surface area contributed by atoms with Gasteiger partial charge in [-0.25, -0.2) is 18.4 Å². The van der Waals surface area contributed by atoms with Crippen molar-refractivity contribution in [2.75, 3.05) is 25.9 Å². The highest BCUT2D eigenvalue weighted by molar-refractivity contribution is 9.10. The molecule has 0 saturated carbocycles. The fourth-order valence-electron chi connectivity index (χ4n) is 2.07. The second kappa shape index (κ2) is 6.91. The van der Waals surface area contributed by atoms with Crippen LogP contribution in [0.25, 0.3) is 11.1 Å². The van der Waals surface area contributed by atoms with Crippen LogP contribution in [0.2, 0.25) is 0 Å². The summed E-state index contributed by atoms with van der Waals surface area (Å²) in [5, 5.41) is 8.96. The molecule has 1 aromatic heterocycles. The van der Waals surface area contributed by atoms with Crippen LogP contribution in [0.15, 0.2) is 33.8 Å². The Morgan fingerprint density at radius 3 is 2.70 bits per heavy atom. The lowest BCUT2D eigenvalue weighted by molar-refractivity contribution is 0.266. The molecule has 9 heteroatoms. The number of anilines is 1. The van der Waals surface area contributed by atoms with Crippen molar-refractivity contribution in [3.8, 4) is 11.1 Å². The van der Waals surface area contributed by atoms with Crippen molar-refractivity contribution in [2.24, 2.45) is 0 Å². The summed E-state index contributed by atoms with van der Waals surface area (Å²) in [6.45, 7) is 1.54. The maximum absolute atomic E-state index is 12.6. The standard InChI is InChI=1S/C14H17BrN4O3S/c1-9-11(8-17-14(16)18-9)10-3-4-12(15)13(7-10)23(21,22)19(2)5-6-20/h3-4,7-8,20H,5-6H2,1-2H3,(H2,16,17,18). The molecular formula is C14H17BrN4O3S. The van der Waals surface area contributed by atoms with E-state index in [1.807, 2.05) is 0 Å². The Labute approximate surface area is 143 Å². The number of benzene rings is 1. The molecule has 0 fully saturated rings. The first-order chi connectivity index (χ1) is 10.8. The van der Waals surface area contributed by atoms with Gasteiger partial charge in [-0.2, -0.15) is 4.31 Å². The Kier molecular flexibility index (Phi) is 5.35. The molecule has 2 aromatic rings. The van der Waals surface area contributed by atoms with Gasteiger partial charge in [0.1, 0.15) is 0 Å². The highest BCUT2D eigenvalue weighted by Gasteiger charge is 2.24. The normalized spacial score (nSPS) is 11.9. The zero-order valence-corrected chi connectivity index (χ0v) is 15.1. The van der Waals surface area contributed by atoms with Crippen LogP contribution in [0.5, 0.6) is 0 Å². The molecule has 23 heavy (non-hydrogen) atoms. The summed E-state index contributed by atoms with van der Waals surface area (Å²) in [5.74, 6) is 0.166. The van der Waals surface area contributed by atoms with E-state index in [-0.39, 0.29) is 24.0 Å². The topological polar surface area (TPSA) is 109 Å². The monoisotopic (exact) mass is 400 g/mol. The quantitative estimate of drug-likeness (QED) is 0.784. The van der Waals surface area contributed by atoms with Crippen LogP contribution in [0, 0.1) is 6.92 Å². The van der Waals surface area contributed by atoms with Crippen LogP contribution >= 0.6 is 15.9 Å².